The van der Waals surface area contributed by atoms with Crippen LogP contribution in [-0.4, -0.2) is 54.9 Å². The number of aliphatic hydroxyl groups is 1. The van der Waals surface area contributed by atoms with Gasteiger partial charge in [-0.3, -0.25) is 4.99 Å². The van der Waals surface area contributed by atoms with E-state index in [0.717, 1.165) is 70.2 Å². The lowest BCUT2D eigenvalue weighted by Crippen LogP contribution is -2.46. The molecule has 1 aromatic carbocycles. The highest BCUT2D eigenvalue weighted by Gasteiger charge is 2.19. The Bertz CT molecular complexity index is 517. The Morgan fingerprint density at radius 1 is 1.32 bits per heavy atom. The first-order valence-corrected chi connectivity index (χ1v) is 9.16. The molecule has 1 aliphatic heterocycles. The minimum atomic E-state index is -0.157. The lowest BCUT2D eigenvalue weighted by Gasteiger charge is -2.32. The molecule has 0 atom stereocenters. The van der Waals surface area contributed by atoms with E-state index in [2.05, 4.69) is 36.2 Å². The van der Waals surface area contributed by atoms with Crippen molar-refractivity contribution < 1.29 is 9.84 Å². The summed E-state index contributed by atoms with van der Waals surface area (Å²) in [5, 5.41) is 13.0. The molecule has 1 fully saturated rings. The van der Waals surface area contributed by atoms with Crippen molar-refractivity contribution in [2.24, 2.45) is 4.99 Å². The SMILES string of the molecule is CCCOc1cccc(CCN=C(NCC)N2CCC(O)CC2)c1.I. The van der Waals surface area contributed by atoms with Gasteiger partial charge >= 0.3 is 0 Å². The van der Waals surface area contributed by atoms with Gasteiger partial charge < -0.3 is 20.1 Å². The van der Waals surface area contributed by atoms with Crippen molar-refractivity contribution in [3.05, 3.63) is 29.8 Å². The first kappa shape index (κ1) is 22.0. The van der Waals surface area contributed by atoms with Crippen molar-refractivity contribution in [3.63, 3.8) is 0 Å². The van der Waals surface area contributed by atoms with Crippen molar-refractivity contribution in [1.29, 1.82) is 0 Å². The summed E-state index contributed by atoms with van der Waals surface area (Å²) >= 11 is 0. The molecule has 1 aromatic rings. The van der Waals surface area contributed by atoms with Gasteiger partial charge in [0.25, 0.3) is 0 Å². The number of benzene rings is 1. The zero-order valence-electron chi connectivity index (χ0n) is 15.4. The molecule has 0 bridgehead atoms. The maximum Gasteiger partial charge on any atom is 0.193 e. The third kappa shape index (κ3) is 7.81. The zero-order valence-corrected chi connectivity index (χ0v) is 17.7. The van der Waals surface area contributed by atoms with Gasteiger partial charge in [-0.05, 0) is 50.3 Å². The van der Waals surface area contributed by atoms with Crippen LogP contribution in [0.1, 0.15) is 38.7 Å². The average Bonchev–Trinajstić information content (AvgIpc) is 2.60. The molecule has 1 aliphatic rings. The molecule has 25 heavy (non-hydrogen) atoms. The van der Waals surface area contributed by atoms with Gasteiger partial charge in [-0.2, -0.15) is 0 Å². The van der Waals surface area contributed by atoms with Crippen LogP contribution < -0.4 is 10.1 Å². The van der Waals surface area contributed by atoms with Crippen molar-refractivity contribution in [2.75, 3.05) is 32.8 Å². The van der Waals surface area contributed by atoms with Crippen LogP contribution in [0.5, 0.6) is 5.75 Å². The minimum Gasteiger partial charge on any atom is -0.494 e. The fourth-order valence-electron chi connectivity index (χ4n) is 2.81. The molecular formula is C19H32IN3O2. The summed E-state index contributed by atoms with van der Waals surface area (Å²) in [6.07, 6.45) is 3.40. The van der Waals surface area contributed by atoms with E-state index < -0.39 is 0 Å². The van der Waals surface area contributed by atoms with Crippen molar-refractivity contribution in [3.8, 4) is 5.75 Å². The number of hydrogen-bond acceptors (Lipinski definition) is 3. The molecule has 6 heteroatoms. The number of nitrogens with zero attached hydrogens (tertiary/aromatic N) is 2. The Morgan fingerprint density at radius 3 is 2.76 bits per heavy atom. The van der Waals surface area contributed by atoms with E-state index in [1.165, 1.54) is 5.56 Å². The van der Waals surface area contributed by atoms with Crippen LogP contribution in [0, 0.1) is 0 Å². The Labute approximate surface area is 168 Å². The molecule has 142 valence electrons. The second-order valence-corrected chi connectivity index (χ2v) is 6.20. The van der Waals surface area contributed by atoms with E-state index in [1.807, 2.05) is 12.1 Å². The van der Waals surface area contributed by atoms with Gasteiger partial charge in [-0.15, -0.1) is 24.0 Å². The van der Waals surface area contributed by atoms with Crippen LogP contribution in [0.3, 0.4) is 0 Å². The highest BCUT2D eigenvalue weighted by Crippen LogP contribution is 2.14. The molecule has 2 rings (SSSR count). The Hall–Kier alpha value is -1.02. The number of piperidine rings is 1. The number of halogens is 1. The van der Waals surface area contributed by atoms with Crippen LogP contribution >= 0.6 is 24.0 Å². The van der Waals surface area contributed by atoms with Crippen LogP contribution in [0.4, 0.5) is 0 Å². The van der Waals surface area contributed by atoms with Gasteiger partial charge in [-0.25, -0.2) is 0 Å². The Balaban J connectivity index is 0.00000312. The summed E-state index contributed by atoms with van der Waals surface area (Å²) in [5.41, 5.74) is 1.25. The molecule has 0 spiro atoms. The van der Waals surface area contributed by atoms with Gasteiger partial charge in [0.05, 0.1) is 12.7 Å². The molecule has 1 saturated heterocycles. The average molecular weight is 461 g/mol. The molecule has 5 nitrogen and oxygen atoms in total. The second-order valence-electron chi connectivity index (χ2n) is 6.20. The molecule has 0 saturated carbocycles. The topological polar surface area (TPSA) is 57.1 Å². The minimum absolute atomic E-state index is 0. The molecular weight excluding hydrogens is 429 g/mol. The third-order valence-corrected chi connectivity index (χ3v) is 4.13. The number of ether oxygens (including phenoxy) is 1. The van der Waals surface area contributed by atoms with Crippen molar-refractivity contribution in [2.45, 2.75) is 45.6 Å². The van der Waals surface area contributed by atoms with Gasteiger partial charge in [-0.1, -0.05) is 19.1 Å². The largest absolute Gasteiger partial charge is 0.494 e. The number of hydrogen-bond donors (Lipinski definition) is 2. The molecule has 1 heterocycles. The summed E-state index contributed by atoms with van der Waals surface area (Å²) in [6.45, 7) is 8.30. The second kappa shape index (κ2) is 12.4. The van der Waals surface area contributed by atoms with E-state index in [9.17, 15) is 5.11 Å². The standard InChI is InChI=1S/C19H31N3O2.HI/c1-3-14-24-18-7-5-6-16(15-18)8-11-21-19(20-4-2)22-12-9-17(23)10-13-22;/h5-7,15,17,23H,3-4,8-14H2,1-2H3,(H,20,21);1H. The van der Waals surface area contributed by atoms with E-state index in [0.29, 0.717) is 0 Å². The van der Waals surface area contributed by atoms with Crippen LogP contribution in [-0.2, 0) is 6.42 Å². The van der Waals surface area contributed by atoms with Crippen LogP contribution in [0.2, 0.25) is 0 Å². The third-order valence-electron chi connectivity index (χ3n) is 4.13. The molecule has 0 aromatic heterocycles. The van der Waals surface area contributed by atoms with E-state index >= 15 is 0 Å². The fourth-order valence-corrected chi connectivity index (χ4v) is 2.81. The number of aliphatic imine (C=N–C) groups is 1. The number of likely N-dealkylation sites (tertiary alicyclic amines) is 1. The monoisotopic (exact) mass is 461 g/mol. The smallest absolute Gasteiger partial charge is 0.193 e. The number of guanidine groups is 1. The zero-order chi connectivity index (χ0) is 17.2. The maximum atomic E-state index is 9.65. The van der Waals surface area contributed by atoms with Crippen molar-refractivity contribution in [1.82, 2.24) is 10.2 Å². The molecule has 0 unspecified atom stereocenters. The van der Waals surface area contributed by atoms with Crippen LogP contribution in [0.15, 0.2) is 29.3 Å². The summed E-state index contributed by atoms with van der Waals surface area (Å²) in [6, 6.07) is 8.28. The lowest BCUT2D eigenvalue weighted by atomic mass is 10.1. The van der Waals surface area contributed by atoms with Gasteiger partial charge in [0.15, 0.2) is 5.96 Å². The summed E-state index contributed by atoms with van der Waals surface area (Å²) in [7, 11) is 0. The van der Waals surface area contributed by atoms with E-state index in [1.54, 1.807) is 0 Å². The normalized spacial score (nSPS) is 15.6. The lowest BCUT2D eigenvalue weighted by molar-refractivity contribution is 0.108. The predicted molar refractivity (Wildman–Crippen MR) is 114 cm³/mol. The first-order valence-electron chi connectivity index (χ1n) is 9.16. The van der Waals surface area contributed by atoms with Crippen LogP contribution in [0.25, 0.3) is 0 Å². The highest BCUT2D eigenvalue weighted by molar-refractivity contribution is 14.0. The highest BCUT2D eigenvalue weighted by atomic mass is 127. The summed E-state index contributed by atoms with van der Waals surface area (Å²) < 4.78 is 5.69. The molecule has 0 radical (unpaired) electrons. The quantitative estimate of drug-likeness (QED) is 0.373. The van der Waals surface area contributed by atoms with Gasteiger partial charge in [0, 0.05) is 26.2 Å². The Kier molecular flexibility index (Phi) is 10.9. The van der Waals surface area contributed by atoms with Crippen molar-refractivity contribution >= 4 is 29.9 Å². The van der Waals surface area contributed by atoms with Gasteiger partial charge in [0.1, 0.15) is 5.75 Å². The predicted octanol–water partition coefficient (Wildman–Crippen LogP) is 3.06. The Morgan fingerprint density at radius 2 is 2.08 bits per heavy atom. The summed E-state index contributed by atoms with van der Waals surface area (Å²) in [4.78, 5) is 7.01. The first-order chi connectivity index (χ1) is 11.7. The molecule has 0 aliphatic carbocycles. The maximum absolute atomic E-state index is 9.65. The number of rotatable bonds is 7. The van der Waals surface area contributed by atoms with Gasteiger partial charge in [0.2, 0.25) is 0 Å². The van der Waals surface area contributed by atoms with E-state index in [4.69, 9.17) is 9.73 Å². The number of aliphatic hydroxyl groups excluding tert-OH is 1. The molecule has 2 N–H and O–H groups in total. The fraction of sp³-hybridized carbons (Fsp3) is 0.632. The van der Waals surface area contributed by atoms with E-state index in [-0.39, 0.29) is 30.1 Å². The number of nitrogens with one attached hydrogen (secondary N) is 1. The molecule has 0 amide bonds. The summed E-state index contributed by atoms with van der Waals surface area (Å²) in [5.74, 6) is 1.90.